The van der Waals surface area contributed by atoms with Crippen LogP contribution in [-0.4, -0.2) is 23.6 Å². The third-order valence-corrected chi connectivity index (χ3v) is 4.89. The maximum atomic E-state index is 11.3. The van der Waals surface area contributed by atoms with Crippen LogP contribution >= 0.6 is 0 Å². The summed E-state index contributed by atoms with van der Waals surface area (Å²) in [5.41, 5.74) is 7.60. The summed E-state index contributed by atoms with van der Waals surface area (Å²) in [5.74, 6) is 9.61. The summed E-state index contributed by atoms with van der Waals surface area (Å²) >= 11 is 0. The summed E-state index contributed by atoms with van der Waals surface area (Å²) < 4.78 is 0. The molecular formula is C22H29N5O2. The average molecular weight is 396 g/mol. The molecular weight excluding hydrogens is 366 g/mol. The molecule has 1 atom stereocenters. The first kappa shape index (κ1) is 22.1. The normalized spacial score (nSPS) is 12.5. The highest BCUT2D eigenvalue weighted by atomic mass is 16.4. The van der Waals surface area contributed by atoms with Gasteiger partial charge >= 0.3 is 5.97 Å². The highest BCUT2D eigenvalue weighted by Crippen LogP contribution is 2.27. The van der Waals surface area contributed by atoms with E-state index in [9.17, 15) is 9.90 Å². The van der Waals surface area contributed by atoms with Crippen LogP contribution < -0.4 is 17.1 Å². The Morgan fingerprint density at radius 2 is 2.07 bits per heavy atom. The van der Waals surface area contributed by atoms with E-state index in [2.05, 4.69) is 28.5 Å². The third kappa shape index (κ3) is 7.38. The molecule has 2 rings (SSSR count). The van der Waals surface area contributed by atoms with E-state index in [0.29, 0.717) is 0 Å². The van der Waals surface area contributed by atoms with Gasteiger partial charge in [-0.3, -0.25) is 4.79 Å². The number of carboxylic acids is 1. The van der Waals surface area contributed by atoms with Crippen molar-refractivity contribution in [1.82, 2.24) is 5.43 Å². The summed E-state index contributed by atoms with van der Waals surface area (Å²) in [6, 6.07) is 13.8. The molecule has 0 amide bonds. The van der Waals surface area contributed by atoms with Crippen molar-refractivity contribution in [1.29, 1.82) is 0 Å². The number of hydrogen-bond donors (Lipinski definition) is 4. The fourth-order valence-corrected chi connectivity index (χ4v) is 3.44. The van der Waals surface area contributed by atoms with E-state index in [-0.39, 0.29) is 12.3 Å². The highest BCUT2D eigenvalue weighted by Gasteiger charge is 2.16. The van der Waals surface area contributed by atoms with Crippen LogP contribution in [0, 0.1) is 6.92 Å². The SMILES string of the molecule is Cc1cc(N=CNN)ccc1CCCCC(CC(=O)O)c1cccc(C=NN)c1. The maximum Gasteiger partial charge on any atom is 0.303 e. The van der Waals surface area contributed by atoms with E-state index in [4.69, 9.17) is 11.7 Å². The molecule has 0 bridgehead atoms. The van der Waals surface area contributed by atoms with E-state index < -0.39 is 5.97 Å². The number of carboxylic acid groups (broad SMARTS) is 1. The van der Waals surface area contributed by atoms with Crippen LogP contribution in [-0.2, 0) is 11.2 Å². The molecule has 0 aliphatic heterocycles. The second kappa shape index (κ2) is 11.6. The second-order valence-corrected chi connectivity index (χ2v) is 7.02. The summed E-state index contributed by atoms with van der Waals surface area (Å²) in [6.07, 6.45) is 6.85. The Morgan fingerprint density at radius 1 is 1.24 bits per heavy atom. The first-order chi connectivity index (χ1) is 14.0. The van der Waals surface area contributed by atoms with Gasteiger partial charge in [0.15, 0.2) is 0 Å². The molecule has 0 aliphatic rings. The molecule has 154 valence electrons. The van der Waals surface area contributed by atoms with Gasteiger partial charge in [0.2, 0.25) is 0 Å². The van der Waals surface area contributed by atoms with Crippen LogP contribution in [0.1, 0.15) is 53.9 Å². The molecule has 29 heavy (non-hydrogen) atoms. The van der Waals surface area contributed by atoms with Crippen molar-refractivity contribution in [2.24, 2.45) is 21.8 Å². The van der Waals surface area contributed by atoms with Gasteiger partial charge in [-0.15, -0.1) is 0 Å². The van der Waals surface area contributed by atoms with E-state index in [1.165, 1.54) is 17.5 Å². The number of nitrogens with two attached hydrogens (primary N) is 2. The number of carbonyl (C=O) groups is 1. The molecule has 0 spiro atoms. The monoisotopic (exact) mass is 395 g/mol. The molecule has 7 nitrogen and oxygen atoms in total. The Bertz CT molecular complexity index is 864. The number of hydrogen-bond acceptors (Lipinski definition) is 5. The number of aryl methyl sites for hydroxylation is 2. The van der Waals surface area contributed by atoms with Crippen LogP contribution in [0.2, 0.25) is 0 Å². The molecule has 0 heterocycles. The Balaban J connectivity index is 1.96. The van der Waals surface area contributed by atoms with Crippen molar-refractivity contribution >= 4 is 24.2 Å². The number of rotatable bonds is 11. The van der Waals surface area contributed by atoms with Crippen molar-refractivity contribution in [3.8, 4) is 0 Å². The van der Waals surface area contributed by atoms with Gasteiger partial charge in [-0.05, 0) is 72.6 Å². The van der Waals surface area contributed by atoms with Crippen molar-refractivity contribution in [2.75, 3.05) is 0 Å². The van der Waals surface area contributed by atoms with Crippen LogP contribution in [0.4, 0.5) is 5.69 Å². The number of unbranched alkanes of at least 4 members (excludes halogenated alkanes) is 1. The molecule has 7 heteroatoms. The summed E-state index contributed by atoms with van der Waals surface area (Å²) in [5, 5.41) is 12.9. The zero-order valence-electron chi connectivity index (χ0n) is 16.7. The predicted molar refractivity (Wildman–Crippen MR) is 117 cm³/mol. The van der Waals surface area contributed by atoms with E-state index in [0.717, 1.165) is 42.5 Å². The molecule has 0 aromatic heterocycles. The first-order valence-electron chi connectivity index (χ1n) is 9.66. The van der Waals surface area contributed by atoms with Crippen LogP contribution in [0.5, 0.6) is 0 Å². The Hall–Kier alpha value is -3.19. The lowest BCUT2D eigenvalue weighted by molar-refractivity contribution is -0.137. The molecule has 0 saturated heterocycles. The van der Waals surface area contributed by atoms with Gasteiger partial charge in [-0.1, -0.05) is 30.7 Å². The Morgan fingerprint density at radius 3 is 2.76 bits per heavy atom. The smallest absolute Gasteiger partial charge is 0.303 e. The largest absolute Gasteiger partial charge is 0.481 e. The van der Waals surface area contributed by atoms with Crippen LogP contribution in [0.15, 0.2) is 52.6 Å². The van der Waals surface area contributed by atoms with E-state index in [1.54, 1.807) is 6.21 Å². The molecule has 6 N–H and O–H groups in total. The van der Waals surface area contributed by atoms with Crippen molar-refractivity contribution < 1.29 is 9.90 Å². The molecule has 0 saturated carbocycles. The first-order valence-corrected chi connectivity index (χ1v) is 9.66. The fourth-order valence-electron chi connectivity index (χ4n) is 3.44. The average Bonchev–Trinajstić information content (AvgIpc) is 2.70. The van der Waals surface area contributed by atoms with Crippen LogP contribution in [0.25, 0.3) is 0 Å². The van der Waals surface area contributed by atoms with E-state index >= 15 is 0 Å². The molecule has 1 unspecified atom stereocenters. The van der Waals surface area contributed by atoms with Crippen LogP contribution in [0.3, 0.4) is 0 Å². The third-order valence-electron chi connectivity index (χ3n) is 4.89. The number of nitrogens with zero attached hydrogens (tertiary/aromatic N) is 2. The Labute approximate surface area is 171 Å². The van der Waals surface area contributed by atoms with Crippen molar-refractivity contribution in [2.45, 2.75) is 44.9 Å². The molecule has 0 fully saturated rings. The number of aliphatic imine (C=N–C) groups is 1. The summed E-state index contributed by atoms with van der Waals surface area (Å²) in [6.45, 7) is 2.07. The number of hydrazone groups is 1. The van der Waals surface area contributed by atoms with Gasteiger partial charge in [0.1, 0.15) is 6.34 Å². The van der Waals surface area contributed by atoms with Gasteiger partial charge < -0.3 is 16.4 Å². The number of aliphatic carboxylic acids is 1. The molecule has 2 aromatic rings. The summed E-state index contributed by atoms with van der Waals surface area (Å²) in [7, 11) is 0. The van der Waals surface area contributed by atoms with Gasteiger partial charge in [0, 0.05) is 0 Å². The molecule has 0 aliphatic carbocycles. The lowest BCUT2D eigenvalue weighted by atomic mass is 9.89. The Kier molecular flexibility index (Phi) is 8.85. The minimum absolute atomic E-state index is 0.0276. The quantitative estimate of drug-likeness (QED) is 0.153. The van der Waals surface area contributed by atoms with Gasteiger partial charge in [-0.2, -0.15) is 5.10 Å². The zero-order valence-corrected chi connectivity index (χ0v) is 16.7. The lowest BCUT2D eigenvalue weighted by Gasteiger charge is -2.16. The van der Waals surface area contributed by atoms with Crippen molar-refractivity contribution in [3.05, 3.63) is 64.7 Å². The lowest BCUT2D eigenvalue weighted by Crippen LogP contribution is -2.18. The van der Waals surface area contributed by atoms with Gasteiger partial charge in [-0.25, -0.2) is 10.8 Å². The fraction of sp³-hybridized carbons (Fsp3) is 0.318. The minimum Gasteiger partial charge on any atom is -0.481 e. The number of benzene rings is 2. The second-order valence-electron chi connectivity index (χ2n) is 7.02. The predicted octanol–water partition coefficient (Wildman–Crippen LogP) is 3.38. The topological polar surface area (TPSA) is 126 Å². The van der Waals surface area contributed by atoms with Gasteiger partial charge in [0.25, 0.3) is 0 Å². The number of hydrazine groups is 1. The summed E-state index contributed by atoms with van der Waals surface area (Å²) in [4.78, 5) is 15.5. The zero-order chi connectivity index (χ0) is 21.1. The number of nitrogens with one attached hydrogen (secondary N) is 1. The molecule has 0 radical (unpaired) electrons. The van der Waals surface area contributed by atoms with Crippen molar-refractivity contribution in [3.63, 3.8) is 0 Å². The maximum absolute atomic E-state index is 11.3. The standard InChI is InChI=1S/C22H29N5O2/c1-16-11-21(25-15-27-24)10-9-18(16)6-2-3-7-20(13-22(28)29)19-8-4-5-17(12-19)14-26-23/h4-5,8-12,14-15,20H,2-3,6-7,13,23-24H2,1H3,(H,25,27)(H,28,29). The van der Waals surface area contributed by atoms with Gasteiger partial charge in [0.05, 0.1) is 18.3 Å². The molecule has 2 aromatic carbocycles. The van der Waals surface area contributed by atoms with E-state index in [1.807, 2.05) is 36.4 Å². The minimum atomic E-state index is -0.785. The highest BCUT2D eigenvalue weighted by molar-refractivity contribution is 5.79.